The van der Waals surface area contributed by atoms with Crippen molar-refractivity contribution in [2.24, 2.45) is 5.92 Å². The fourth-order valence-electron chi connectivity index (χ4n) is 3.79. The summed E-state index contributed by atoms with van der Waals surface area (Å²) in [6, 6.07) is 16.7. The second-order valence-electron chi connectivity index (χ2n) is 6.46. The number of rotatable bonds is 3. The third-order valence-electron chi connectivity index (χ3n) is 4.96. The van der Waals surface area contributed by atoms with Crippen LogP contribution in [0.2, 0.25) is 0 Å². The number of carbonyl (C=O) groups is 2. The van der Waals surface area contributed by atoms with Crippen LogP contribution in [0.25, 0.3) is 0 Å². The summed E-state index contributed by atoms with van der Waals surface area (Å²) in [5.41, 5.74) is 3.03. The number of carbonyl (C=O) groups excluding carboxylic acids is 2. The molecule has 0 aliphatic heterocycles. The molecule has 0 spiro atoms. The lowest BCUT2D eigenvalue weighted by Gasteiger charge is -2.25. The van der Waals surface area contributed by atoms with E-state index in [9.17, 15) is 9.59 Å². The average molecular weight is 317 g/mol. The highest BCUT2D eigenvalue weighted by Gasteiger charge is 2.36. The monoisotopic (exact) mass is 317 g/mol. The van der Waals surface area contributed by atoms with Crippen LogP contribution in [0.1, 0.15) is 46.4 Å². The van der Waals surface area contributed by atoms with Gasteiger partial charge in [0.15, 0.2) is 5.78 Å². The van der Waals surface area contributed by atoms with E-state index in [1.54, 1.807) is 12.1 Å². The van der Waals surface area contributed by atoms with Crippen molar-refractivity contribution in [3.8, 4) is 0 Å². The van der Waals surface area contributed by atoms with Crippen LogP contribution in [0.5, 0.6) is 0 Å². The fourth-order valence-corrected chi connectivity index (χ4v) is 3.79. The molecule has 0 radical (unpaired) electrons. The molecule has 2 aromatic carbocycles. The van der Waals surface area contributed by atoms with E-state index in [1.165, 1.54) is 0 Å². The molecule has 2 aliphatic rings. The van der Waals surface area contributed by atoms with Crippen molar-refractivity contribution in [1.29, 1.82) is 0 Å². The third-order valence-corrected chi connectivity index (χ3v) is 4.96. The van der Waals surface area contributed by atoms with Crippen LogP contribution >= 0.6 is 0 Å². The zero-order valence-corrected chi connectivity index (χ0v) is 13.4. The van der Waals surface area contributed by atoms with Gasteiger partial charge < -0.3 is 5.32 Å². The molecule has 0 heterocycles. The van der Waals surface area contributed by atoms with Gasteiger partial charge in [0, 0.05) is 22.4 Å². The highest BCUT2D eigenvalue weighted by molar-refractivity contribution is 6.27. The molecule has 1 N–H and O–H groups in total. The first kappa shape index (κ1) is 14.9. The molecule has 2 aromatic rings. The highest BCUT2D eigenvalue weighted by Crippen LogP contribution is 2.38. The number of Topliss-reactive ketones (excluding diaryl/α,β-unsaturated/α-hetero) is 2. The summed E-state index contributed by atoms with van der Waals surface area (Å²) in [7, 11) is 0. The van der Waals surface area contributed by atoms with Crippen molar-refractivity contribution >= 4 is 17.3 Å². The Morgan fingerprint density at radius 3 is 2.00 bits per heavy atom. The van der Waals surface area contributed by atoms with Crippen LogP contribution < -0.4 is 5.32 Å². The minimum atomic E-state index is -0.0732. The predicted octanol–water partition coefficient (Wildman–Crippen LogP) is 4.62. The zero-order chi connectivity index (χ0) is 16.5. The Bertz CT molecular complexity index is 830. The first-order valence-electron chi connectivity index (χ1n) is 8.50. The topological polar surface area (TPSA) is 46.2 Å². The van der Waals surface area contributed by atoms with Gasteiger partial charge in [-0.25, -0.2) is 0 Å². The maximum atomic E-state index is 13.1. The lowest BCUT2D eigenvalue weighted by atomic mass is 9.80. The van der Waals surface area contributed by atoms with Crippen molar-refractivity contribution in [2.75, 3.05) is 5.32 Å². The number of fused-ring (bicyclic) bond motifs is 1. The molecule has 120 valence electrons. The van der Waals surface area contributed by atoms with E-state index in [0.29, 0.717) is 22.4 Å². The molecule has 2 aliphatic carbocycles. The van der Waals surface area contributed by atoms with Gasteiger partial charge in [-0.3, -0.25) is 9.59 Å². The van der Waals surface area contributed by atoms with Gasteiger partial charge in [-0.15, -0.1) is 0 Å². The average Bonchev–Trinajstić information content (AvgIpc) is 3.15. The lowest BCUT2D eigenvalue weighted by Crippen LogP contribution is -2.29. The molecule has 0 bridgehead atoms. The van der Waals surface area contributed by atoms with E-state index in [2.05, 4.69) is 5.32 Å². The Balaban J connectivity index is 1.84. The Hall–Kier alpha value is -2.68. The fraction of sp³-hybridized carbons (Fsp3) is 0.238. The summed E-state index contributed by atoms with van der Waals surface area (Å²) in [5, 5.41) is 3.24. The summed E-state index contributed by atoms with van der Waals surface area (Å²) >= 11 is 0. The molecule has 3 heteroatoms. The first-order valence-corrected chi connectivity index (χ1v) is 8.50. The molecule has 1 fully saturated rings. The van der Waals surface area contributed by atoms with E-state index < -0.39 is 0 Å². The van der Waals surface area contributed by atoms with Crippen molar-refractivity contribution in [2.45, 2.75) is 25.7 Å². The molecule has 0 saturated heterocycles. The summed E-state index contributed by atoms with van der Waals surface area (Å²) in [6.45, 7) is 0. The number of ketones is 2. The first-order chi connectivity index (χ1) is 11.8. The van der Waals surface area contributed by atoms with Gasteiger partial charge in [0.25, 0.3) is 0 Å². The largest absolute Gasteiger partial charge is 0.352 e. The summed E-state index contributed by atoms with van der Waals surface area (Å²) in [5.74, 6) is 0.118. The summed E-state index contributed by atoms with van der Waals surface area (Å²) in [6.07, 6.45) is 4.21. The molecule has 0 unspecified atom stereocenters. The van der Waals surface area contributed by atoms with Crippen LogP contribution in [0.15, 0.2) is 65.9 Å². The highest BCUT2D eigenvalue weighted by atomic mass is 16.1. The molecule has 0 amide bonds. The van der Waals surface area contributed by atoms with E-state index in [4.69, 9.17) is 0 Å². The molecule has 1 saturated carbocycles. The standard InChI is InChI=1S/C21H19NO2/c23-20-16-12-6-7-13-17(16)21(24)19(18(20)14-8-4-5-9-14)22-15-10-2-1-3-11-15/h1-3,6-7,10-14,22H,4-5,8-9H2. The van der Waals surface area contributed by atoms with Gasteiger partial charge in [-0.1, -0.05) is 55.3 Å². The Morgan fingerprint density at radius 1 is 0.750 bits per heavy atom. The Kier molecular flexibility index (Phi) is 3.77. The van der Waals surface area contributed by atoms with Gasteiger partial charge in [0.1, 0.15) is 0 Å². The Labute approximate surface area is 141 Å². The minimum Gasteiger partial charge on any atom is -0.352 e. The molecule has 24 heavy (non-hydrogen) atoms. The molecular weight excluding hydrogens is 298 g/mol. The number of hydrogen-bond acceptors (Lipinski definition) is 3. The van der Waals surface area contributed by atoms with E-state index >= 15 is 0 Å². The molecule has 4 rings (SSSR count). The predicted molar refractivity (Wildman–Crippen MR) is 94.2 cm³/mol. The number of benzene rings is 2. The molecule has 0 atom stereocenters. The second-order valence-corrected chi connectivity index (χ2v) is 6.46. The normalized spacial score (nSPS) is 18.0. The molecule has 0 aromatic heterocycles. The quantitative estimate of drug-likeness (QED) is 0.898. The number of para-hydroxylation sites is 1. The number of allylic oxidation sites excluding steroid dienone is 2. The van der Waals surface area contributed by atoms with Crippen molar-refractivity contribution in [3.63, 3.8) is 0 Å². The number of hydrogen-bond donors (Lipinski definition) is 1. The van der Waals surface area contributed by atoms with Gasteiger partial charge in [-0.05, 0) is 30.9 Å². The van der Waals surface area contributed by atoms with Crippen LogP contribution in [0.3, 0.4) is 0 Å². The SMILES string of the molecule is O=C1C(Nc2ccccc2)=C(C2CCCC2)C(=O)c2ccccc21. The second kappa shape index (κ2) is 6.08. The van der Waals surface area contributed by atoms with Gasteiger partial charge in [-0.2, -0.15) is 0 Å². The zero-order valence-electron chi connectivity index (χ0n) is 13.4. The van der Waals surface area contributed by atoms with Crippen molar-refractivity contribution < 1.29 is 9.59 Å². The smallest absolute Gasteiger partial charge is 0.210 e. The lowest BCUT2D eigenvalue weighted by molar-refractivity contribution is 0.0966. The maximum Gasteiger partial charge on any atom is 0.210 e. The molecular formula is C21H19NO2. The van der Waals surface area contributed by atoms with Gasteiger partial charge in [0.2, 0.25) is 5.78 Å². The van der Waals surface area contributed by atoms with Crippen molar-refractivity contribution in [1.82, 2.24) is 0 Å². The van der Waals surface area contributed by atoms with Crippen LogP contribution in [-0.2, 0) is 0 Å². The summed E-state index contributed by atoms with van der Waals surface area (Å²) < 4.78 is 0. The maximum absolute atomic E-state index is 13.1. The van der Waals surface area contributed by atoms with Crippen molar-refractivity contribution in [3.05, 3.63) is 77.0 Å². The van der Waals surface area contributed by atoms with Crippen LogP contribution in [0.4, 0.5) is 5.69 Å². The number of anilines is 1. The number of nitrogens with one attached hydrogen (secondary N) is 1. The summed E-state index contributed by atoms with van der Waals surface area (Å²) in [4.78, 5) is 26.2. The van der Waals surface area contributed by atoms with E-state index in [1.807, 2.05) is 42.5 Å². The van der Waals surface area contributed by atoms with Gasteiger partial charge >= 0.3 is 0 Å². The minimum absolute atomic E-state index is 0.00975. The van der Waals surface area contributed by atoms with Gasteiger partial charge in [0.05, 0.1) is 5.70 Å². The third kappa shape index (κ3) is 2.46. The van der Waals surface area contributed by atoms with Crippen LogP contribution in [-0.4, -0.2) is 11.6 Å². The molecule has 3 nitrogen and oxygen atoms in total. The Morgan fingerprint density at radius 2 is 1.33 bits per heavy atom. The van der Waals surface area contributed by atoms with E-state index in [-0.39, 0.29) is 17.5 Å². The van der Waals surface area contributed by atoms with Crippen LogP contribution in [0, 0.1) is 5.92 Å². The van der Waals surface area contributed by atoms with E-state index in [0.717, 1.165) is 31.4 Å².